The highest BCUT2D eigenvalue weighted by Gasteiger charge is 2.18. The average Bonchev–Trinajstić information content (AvgIpc) is 2.80. The van der Waals surface area contributed by atoms with Crippen LogP contribution >= 0.6 is 15.9 Å². The van der Waals surface area contributed by atoms with E-state index in [4.69, 9.17) is 10.3 Å². The fourth-order valence-electron chi connectivity index (χ4n) is 1.60. The van der Waals surface area contributed by atoms with E-state index >= 15 is 0 Å². The normalized spacial score (nSPS) is 13.0. The first-order valence-corrected chi connectivity index (χ1v) is 6.64. The van der Waals surface area contributed by atoms with Gasteiger partial charge in [0.05, 0.1) is 6.04 Å². The van der Waals surface area contributed by atoms with Crippen LogP contribution in [0.4, 0.5) is 0 Å². The number of nitrogens with zero attached hydrogens (tertiary/aromatic N) is 2. The number of benzene rings is 1. The Morgan fingerprint density at radius 3 is 2.72 bits per heavy atom. The Bertz CT molecular complexity index is 551. The highest BCUT2D eigenvalue weighted by molar-refractivity contribution is 9.10. The molecule has 4 nitrogen and oxygen atoms in total. The molecule has 1 heterocycles. The molecule has 1 aromatic heterocycles. The van der Waals surface area contributed by atoms with E-state index in [1.54, 1.807) is 0 Å². The number of nitrogens with two attached hydrogens (primary N) is 1. The van der Waals surface area contributed by atoms with Crippen molar-refractivity contribution in [1.82, 2.24) is 10.1 Å². The van der Waals surface area contributed by atoms with Gasteiger partial charge in [-0.15, -0.1) is 0 Å². The lowest BCUT2D eigenvalue weighted by Gasteiger charge is -2.09. The number of aryl methyl sites for hydroxylation is 1. The molecule has 1 aromatic carbocycles. The lowest BCUT2D eigenvalue weighted by Crippen LogP contribution is -2.18. The Morgan fingerprint density at radius 2 is 2.06 bits per heavy atom. The largest absolute Gasteiger partial charge is 0.334 e. The zero-order valence-corrected chi connectivity index (χ0v) is 12.2. The van der Waals surface area contributed by atoms with E-state index in [1.807, 2.05) is 39.0 Å². The van der Waals surface area contributed by atoms with Gasteiger partial charge in [0.25, 0.3) is 5.89 Å². The van der Waals surface area contributed by atoms with Crippen molar-refractivity contribution in [2.75, 3.05) is 0 Å². The monoisotopic (exact) mass is 309 g/mol. The molecule has 2 rings (SSSR count). The zero-order chi connectivity index (χ0) is 13.3. The molecule has 1 unspecified atom stereocenters. The van der Waals surface area contributed by atoms with Crippen LogP contribution in [-0.4, -0.2) is 10.1 Å². The molecule has 0 aliphatic rings. The predicted octanol–water partition coefficient (Wildman–Crippen LogP) is 3.46. The molecular formula is C13H16BrN3O. The van der Waals surface area contributed by atoms with Crippen LogP contribution < -0.4 is 5.73 Å². The number of aromatic nitrogens is 2. The molecule has 0 fully saturated rings. The second kappa shape index (κ2) is 5.20. The summed E-state index contributed by atoms with van der Waals surface area (Å²) >= 11 is 3.44. The SMILES string of the molecule is Cc1ccc(Br)cc1-c1nc(C(N)C(C)C)no1. The van der Waals surface area contributed by atoms with Crippen LogP contribution in [0, 0.1) is 12.8 Å². The fraction of sp³-hybridized carbons (Fsp3) is 0.385. The summed E-state index contributed by atoms with van der Waals surface area (Å²) < 4.78 is 6.28. The maximum Gasteiger partial charge on any atom is 0.258 e. The first-order valence-electron chi connectivity index (χ1n) is 5.84. The molecule has 0 aliphatic carbocycles. The Balaban J connectivity index is 2.38. The number of rotatable bonds is 3. The van der Waals surface area contributed by atoms with Crippen molar-refractivity contribution in [2.45, 2.75) is 26.8 Å². The van der Waals surface area contributed by atoms with Gasteiger partial charge in [-0.1, -0.05) is 41.0 Å². The molecule has 0 amide bonds. The van der Waals surface area contributed by atoms with Gasteiger partial charge >= 0.3 is 0 Å². The quantitative estimate of drug-likeness (QED) is 0.943. The highest BCUT2D eigenvalue weighted by atomic mass is 79.9. The van der Waals surface area contributed by atoms with E-state index in [-0.39, 0.29) is 12.0 Å². The van der Waals surface area contributed by atoms with Crippen LogP contribution in [0.25, 0.3) is 11.5 Å². The summed E-state index contributed by atoms with van der Waals surface area (Å²) in [6.07, 6.45) is 0. The van der Waals surface area contributed by atoms with Gasteiger partial charge in [-0.05, 0) is 30.5 Å². The van der Waals surface area contributed by atoms with Gasteiger partial charge in [-0.3, -0.25) is 0 Å². The second-order valence-electron chi connectivity index (χ2n) is 4.69. The van der Waals surface area contributed by atoms with Crippen LogP contribution in [0.5, 0.6) is 0 Å². The molecule has 0 radical (unpaired) electrons. The molecule has 0 bridgehead atoms. The van der Waals surface area contributed by atoms with E-state index in [9.17, 15) is 0 Å². The first kappa shape index (κ1) is 13.2. The van der Waals surface area contributed by atoms with E-state index in [2.05, 4.69) is 26.1 Å². The molecule has 2 aromatic rings. The van der Waals surface area contributed by atoms with Crippen LogP contribution in [-0.2, 0) is 0 Å². The third kappa shape index (κ3) is 2.62. The highest BCUT2D eigenvalue weighted by Crippen LogP contribution is 2.27. The lowest BCUT2D eigenvalue weighted by molar-refractivity contribution is 0.400. The van der Waals surface area contributed by atoms with Crippen molar-refractivity contribution in [2.24, 2.45) is 11.7 Å². The Hall–Kier alpha value is -1.20. The number of halogens is 1. The van der Waals surface area contributed by atoms with E-state index < -0.39 is 0 Å². The third-order valence-corrected chi connectivity index (χ3v) is 3.38. The van der Waals surface area contributed by atoms with E-state index in [0.29, 0.717) is 11.7 Å². The van der Waals surface area contributed by atoms with Crippen molar-refractivity contribution in [3.8, 4) is 11.5 Å². The van der Waals surface area contributed by atoms with Crippen LogP contribution in [0.1, 0.15) is 31.3 Å². The molecule has 2 N–H and O–H groups in total. The van der Waals surface area contributed by atoms with E-state index in [0.717, 1.165) is 15.6 Å². The van der Waals surface area contributed by atoms with Crippen molar-refractivity contribution in [3.63, 3.8) is 0 Å². The molecule has 96 valence electrons. The summed E-state index contributed by atoms with van der Waals surface area (Å²) in [6.45, 7) is 6.07. The minimum absolute atomic E-state index is 0.199. The van der Waals surface area contributed by atoms with Gasteiger partial charge in [0.2, 0.25) is 0 Å². The summed E-state index contributed by atoms with van der Waals surface area (Å²) in [4.78, 5) is 4.38. The maximum atomic E-state index is 6.00. The molecule has 0 aliphatic heterocycles. The van der Waals surface area contributed by atoms with Crippen LogP contribution in [0.3, 0.4) is 0 Å². The smallest absolute Gasteiger partial charge is 0.258 e. The molecular weight excluding hydrogens is 294 g/mol. The number of hydrogen-bond donors (Lipinski definition) is 1. The average molecular weight is 310 g/mol. The molecule has 0 saturated heterocycles. The van der Waals surface area contributed by atoms with Gasteiger partial charge < -0.3 is 10.3 Å². The fourth-order valence-corrected chi connectivity index (χ4v) is 1.96. The van der Waals surface area contributed by atoms with Crippen LogP contribution in [0.15, 0.2) is 27.2 Å². The second-order valence-corrected chi connectivity index (χ2v) is 5.60. The van der Waals surface area contributed by atoms with E-state index in [1.165, 1.54) is 0 Å². The lowest BCUT2D eigenvalue weighted by atomic mass is 10.1. The van der Waals surface area contributed by atoms with Crippen molar-refractivity contribution in [1.29, 1.82) is 0 Å². The summed E-state index contributed by atoms with van der Waals surface area (Å²) in [7, 11) is 0. The van der Waals surface area contributed by atoms with Gasteiger partial charge in [0, 0.05) is 10.0 Å². The van der Waals surface area contributed by atoms with Gasteiger partial charge in [0.1, 0.15) is 0 Å². The summed E-state index contributed by atoms with van der Waals surface area (Å²) in [5, 5.41) is 3.96. The van der Waals surface area contributed by atoms with Gasteiger partial charge in [-0.25, -0.2) is 0 Å². The third-order valence-electron chi connectivity index (χ3n) is 2.89. The van der Waals surface area contributed by atoms with Crippen molar-refractivity contribution in [3.05, 3.63) is 34.1 Å². The predicted molar refractivity (Wildman–Crippen MR) is 73.9 cm³/mol. The molecule has 0 spiro atoms. The Kier molecular flexibility index (Phi) is 3.82. The summed E-state index contributed by atoms with van der Waals surface area (Å²) in [6, 6.07) is 5.75. The minimum atomic E-state index is -0.199. The Morgan fingerprint density at radius 1 is 1.33 bits per heavy atom. The minimum Gasteiger partial charge on any atom is -0.334 e. The maximum absolute atomic E-state index is 6.00. The Labute approximate surface area is 115 Å². The first-order chi connectivity index (χ1) is 8.49. The number of hydrogen-bond acceptors (Lipinski definition) is 4. The zero-order valence-electron chi connectivity index (χ0n) is 10.6. The van der Waals surface area contributed by atoms with Gasteiger partial charge in [0.15, 0.2) is 5.82 Å². The van der Waals surface area contributed by atoms with Crippen molar-refractivity contribution >= 4 is 15.9 Å². The summed E-state index contributed by atoms with van der Waals surface area (Å²) in [5.41, 5.74) is 8.02. The standard InChI is InChI=1S/C13H16BrN3O/c1-7(2)11(15)12-16-13(18-17-12)10-6-9(14)5-4-8(10)3/h4-7,11H,15H2,1-3H3. The molecule has 5 heteroatoms. The topological polar surface area (TPSA) is 64.9 Å². The molecule has 0 saturated carbocycles. The van der Waals surface area contributed by atoms with Crippen LogP contribution in [0.2, 0.25) is 0 Å². The van der Waals surface area contributed by atoms with Gasteiger partial charge in [-0.2, -0.15) is 4.98 Å². The molecule has 18 heavy (non-hydrogen) atoms. The summed E-state index contributed by atoms with van der Waals surface area (Å²) in [5.74, 6) is 1.35. The van der Waals surface area contributed by atoms with Crippen molar-refractivity contribution < 1.29 is 4.52 Å². The molecule has 1 atom stereocenters.